The smallest absolute Gasteiger partial charge is 0.237 e. The second-order valence-corrected chi connectivity index (χ2v) is 8.15. The molecule has 24 heavy (non-hydrogen) atoms. The highest BCUT2D eigenvalue weighted by atomic mass is 16.5. The largest absolute Gasteiger partial charge is 0.379 e. The first kappa shape index (κ1) is 16.8. The van der Waals surface area contributed by atoms with Gasteiger partial charge in [0.05, 0.1) is 19.8 Å². The van der Waals surface area contributed by atoms with Crippen LogP contribution in [0, 0.1) is 0 Å². The fourth-order valence-electron chi connectivity index (χ4n) is 4.89. The van der Waals surface area contributed by atoms with Crippen molar-refractivity contribution in [3.63, 3.8) is 0 Å². The highest BCUT2D eigenvalue weighted by Gasteiger charge is 2.39. The Morgan fingerprint density at radius 3 is 2.33 bits per heavy atom. The Morgan fingerprint density at radius 2 is 1.62 bits per heavy atom. The lowest BCUT2D eigenvalue weighted by Crippen LogP contribution is -2.50. The number of likely N-dealkylation sites (tertiary alicyclic amines) is 1. The number of hydrogen-bond donors (Lipinski definition) is 0. The summed E-state index contributed by atoms with van der Waals surface area (Å²) in [6.45, 7) is 6.70. The van der Waals surface area contributed by atoms with Crippen molar-refractivity contribution in [2.45, 2.75) is 69.5 Å². The molecule has 0 bridgehead atoms. The zero-order valence-electron chi connectivity index (χ0n) is 15.0. The van der Waals surface area contributed by atoms with E-state index in [1.54, 1.807) is 0 Å². The molecule has 0 aromatic rings. The Balaban J connectivity index is 1.33. The second kappa shape index (κ2) is 7.71. The van der Waals surface area contributed by atoms with Crippen molar-refractivity contribution >= 4 is 5.91 Å². The molecule has 0 radical (unpaired) electrons. The van der Waals surface area contributed by atoms with Crippen LogP contribution in [0.15, 0.2) is 0 Å². The third-order valence-corrected chi connectivity index (χ3v) is 6.36. The molecule has 2 saturated heterocycles. The zero-order chi connectivity index (χ0) is 16.4. The van der Waals surface area contributed by atoms with Crippen LogP contribution >= 0.6 is 0 Å². The van der Waals surface area contributed by atoms with Gasteiger partial charge in [0.1, 0.15) is 0 Å². The van der Waals surface area contributed by atoms with Crippen molar-refractivity contribution in [1.29, 1.82) is 0 Å². The van der Waals surface area contributed by atoms with E-state index in [-0.39, 0.29) is 0 Å². The number of hydrogen-bond acceptors (Lipinski definition) is 4. The molecule has 2 aliphatic carbocycles. The third-order valence-electron chi connectivity index (χ3n) is 6.36. The van der Waals surface area contributed by atoms with Gasteiger partial charge in [0.15, 0.2) is 0 Å². The highest BCUT2D eigenvalue weighted by Crippen LogP contribution is 2.34. The molecule has 4 fully saturated rings. The van der Waals surface area contributed by atoms with Gasteiger partial charge in [0, 0.05) is 37.8 Å². The van der Waals surface area contributed by atoms with Gasteiger partial charge < -0.3 is 9.64 Å². The van der Waals surface area contributed by atoms with Crippen LogP contribution in [-0.4, -0.2) is 84.7 Å². The minimum absolute atomic E-state index is 0.415. The molecule has 0 aromatic heterocycles. The Bertz CT molecular complexity index is 428. The van der Waals surface area contributed by atoms with Crippen LogP contribution in [-0.2, 0) is 9.53 Å². The van der Waals surface area contributed by atoms with Gasteiger partial charge in [0.25, 0.3) is 0 Å². The molecular formula is C19H33N3O2. The number of rotatable bonds is 6. The van der Waals surface area contributed by atoms with Crippen LogP contribution < -0.4 is 0 Å². The summed E-state index contributed by atoms with van der Waals surface area (Å²) < 4.78 is 5.46. The quantitative estimate of drug-likeness (QED) is 0.740. The fraction of sp³-hybridized carbons (Fsp3) is 0.947. The Kier molecular flexibility index (Phi) is 5.40. The average Bonchev–Trinajstić information content (AvgIpc) is 3.09. The number of carbonyl (C=O) groups is 1. The number of ether oxygens (including phenoxy) is 1. The van der Waals surface area contributed by atoms with E-state index in [0.29, 0.717) is 30.6 Å². The normalized spacial score (nSPS) is 30.1. The van der Waals surface area contributed by atoms with E-state index in [0.717, 1.165) is 39.4 Å². The summed E-state index contributed by atoms with van der Waals surface area (Å²) in [6.07, 6.45) is 10.1. The molecule has 0 aromatic carbocycles. The molecule has 2 aliphatic heterocycles. The number of nitrogens with zero attached hydrogens (tertiary/aromatic N) is 3. The number of morpholine rings is 1. The molecular weight excluding hydrogens is 302 g/mol. The summed E-state index contributed by atoms with van der Waals surface area (Å²) in [6, 6.07) is 1.68. The molecule has 0 unspecified atom stereocenters. The summed E-state index contributed by atoms with van der Waals surface area (Å²) in [5.41, 5.74) is 0. The molecule has 0 spiro atoms. The number of amides is 1. The molecule has 4 rings (SSSR count). The fourth-order valence-corrected chi connectivity index (χ4v) is 4.89. The van der Waals surface area contributed by atoms with Gasteiger partial charge in [-0.25, -0.2) is 0 Å². The highest BCUT2D eigenvalue weighted by molar-refractivity contribution is 5.79. The van der Waals surface area contributed by atoms with Crippen LogP contribution in [0.3, 0.4) is 0 Å². The molecule has 2 heterocycles. The van der Waals surface area contributed by atoms with Crippen molar-refractivity contribution in [2.24, 2.45) is 0 Å². The van der Waals surface area contributed by atoms with Gasteiger partial charge in [-0.05, 0) is 45.1 Å². The molecule has 5 heteroatoms. The summed E-state index contributed by atoms with van der Waals surface area (Å²) in [4.78, 5) is 20.4. The first-order valence-electron chi connectivity index (χ1n) is 10.2. The maximum atomic E-state index is 13.1. The van der Waals surface area contributed by atoms with E-state index in [4.69, 9.17) is 4.74 Å². The second-order valence-electron chi connectivity index (χ2n) is 8.15. The van der Waals surface area contributed by atoms with E-state index in [2.05, 4.69) is 14.7 Å². The summed E-state index contributed by atoms with van der Waals surface area (Å²) >= 11 is 0. The topological polar surface area (TPSA) is 36.0 Å². The first-order valence-corrected chi connectivity index (χ1v) is 10.2. The third kappa shape index (κ3) is 3.94. The van der Waals surface area contributed by atoms with E-state index >= 15 is 0 Å². The van der Waals surface area contributed by atoms with Gasteiger partial charge in [-0.3, -0.25) is 14.6 Å². The van der Waals surface area contributed by atoms with E-state index in [9.17, 15) is 4.79 Å². The molecule has 2 saturated carbocycles. The maximum Gasteiger partial charge on any atom is 0.237 e. The lowest BCUT2D eigenvalue weighted by atomic mass is 10.2. The lowest BCUT2D eigenvalue weighted by Gasteiger charge is -2.35. The average molecular weight is 335 g/mol. The van der Waals surface area contributed by atoms with Crippen LogP contribution in [0.4, 0.5) is 0 Å². The maximum absolute atomic E-state index is 13.1. The SMILES string of the molecule is O=C(CN1CCC[C@H]1CN1CCOCC1)N(C1CCCC1)C1CC1. The van der Waals surface area contributed by atoms with Crippen molar-refractivity contribution in [1.82, 2.24) is 14.7 Å². The summed E-state index contributed by atoms with van der Waals surface area (Å²) in [5.74, 6) is 0.415. The lowest BCUT2D eigenvalue weighted by molar-refractivity contribution is -0.135. The van der Waals surface area contributed by atoms with E-state index < -0.39 is 0 Å². The van der Waals surface area contributed by atoms with Gasteiger partial charge in [-0.1, -0.05) is 12.8 Å². The van der Waals surface area contributed by atoms with Crippen molar-refractivity contribution < 1.29 is 9.53 Å². The number of carbonyl (C=O) groups excluding carboxylic acids is 1. The molecule has 0 N–H and O–H groups in total. The Hall–Kier alpha value is -0.650. The van der Waals surface area contributed by atoms with Crippen molar-refractivity contribution in [3.8, 4) is 0 Å². The van der Waals surface area contributed by atoms with Crippen LogP contribution in [0.2, 0.25) is 0 Å². The minimum Gasteiger partial charge on any atom is -0.379 e. The van der Waals surface area contributed by atoms with Crippen LogP contribution in [0.5, 0.6) is 0 Å². The summed E-state index contributed by atoms with van der Waals surface area (Å²) in [7, 11) is 0. The Morgan fingerprint density at radius 1 is 0.917 bits per heavy atom. The molecule has 4 aliphatic rings. The van der Waals surface area contributed by atoms with Crippen LogP contribution in [0.1, 0.15) is 51.4 Å². The molecule has 1 atom stereocenters. The minimum atomic E-state index is 0.415. The van der Waals surface area contributed by atoms with Gasteiger partial charge >= 0.3 is 0 Å². The van der Waals surface area contributed by atoms with Gasteiger partial charge in [-0.15, -0.1) is 0 Å². The van der Waals surface area contributed by atoms with Gasteiger partial charge in [0.2, 0.25) is 5.91 Å². The standard InChI is InChI=1S/C19H33N3O2/c23-19(22(17-7-8-17)16-4-1-2-5-16)15-21-9-3-6-18(21)14-20-10-12-24-13-11-20/h16-18H,1-15H2/t18-/m0/s1. The van der Waals surface area contributed by atoms with E-state index in [1.165, 1.54) is 51.4 Å². The summed E-state index contributed by atoms with van der Waals surface area (Å²) in [5, 5.41) is 0. The molecule has 136 valence electrons. The monoisotopic (exact) mass is 335 g/mol. The predicted molar refractivity (Wildman–Crippen MR) is 94.0 cm³/mol. The Labute approximate surface area is 146 Å². The predicted octanol–water partition coefficient (Wildman–Crippen LogP) is 1.72. The van der Waals surface area contributed by atoms with E-state index in [1.807, 2.05) is 0 Å². The van der Waals surface area contributed by atoms with Crippen LogP contribution in [0.25, 0.3) is 0 Å². The van der Waals surface area contributed by atoms with Gasteiger partial charge in [-0.2, -0.15) is 0 Å². The van der Waals surface area contributed by atoms with Crippen molar-refractivity contribution in [3.05, 3.63) is 0 Å². The first-order chi connectivity index (χ1) is 11.8. The molecule has 1 amide bonds. The van der Waals surface area contributed by atoms with Crippen molar-refractivity contribution in [2.75, 3.05) is 45.9 Å². The zero-order valence-corrected chi connectivity index (χ0v) is 15.0. The molecule has 5 nitrogen and oxygen atoms in total.